The van der Waals surface area contributed by atoms with E-state index in [9.17, 15) is 9.18 Å². The van der Waals surface area contributed by atoms with Crippen molar-refractivity contribution in [2.24, 2.45) is 0 Å². The summed E-state index contributed by atoms with van der Waals surface area (Å²) in [5.74, 6) is -0.379. The van der Waals surface area contributed by atoms with Gasteiger partial charge in [-0.05, 0) is 31.5 Å². The van der Waals surface area contributed by atoms with E-state index in [2.05, 4.69) is 0 Å². The smallest absolute Gasteiger partial charge is 0.297 e. The van der Waals surface area contributed by atoms with Gasteiger partial charge >= 0.3 is 5.69 Å². The lowest BCUT2D eigenvalue weighted by molar-refractivity contribution is 0.561. The lowest BCUT2D eigenvalue weighted by Crippen LogP contribution is -2.25. The van der Waals surface area contributed by atoms with Crippen molar-refractivity contribution in [3.05, 3.63) is 57.5 Å². The number of hydrogen-bond acceptors (Lipinski definition) is 1. The van der Waals surface area contributed by atoms with Crippen LogP contribution in [-0.4, -0.2) is 9.13 Å². The maximum Gasteiger partial charge on any atom is 0.328 e. The fourth-order valence-corrected chi connectivity index (χ4v) is 2.00. The molecule has 0 N–H and O–H groups in total. The molecule has 0 unspecified atom stereocenters. The standard InChI is InChI=1S/C13H14ClFN2O/c1-9(2)17-6-5-16(13(17)18)8-10-3-4-11(15)7-12(10)14/h3-7,9H,8H2,1-2H3. The Hall–Kier alpha value is -1.55. The van der Waals surface area contributed by atoms with Crippen LogP contribution in [0, 0.1) is 5.82 Å². The molecule has 0 saturated heterocycles. The number of aromatic nitrogens is 2. The van der Waals surface area contributed by atoms with E-state index in [0.29, 0.717) is 11.6 Å². The summed E-state index contributed by atoms with van der Waals surface area (Å²) in [6, 6.07) is 4.30. The zero-order valence-corrected chi connectivity index (χ0v) is 11.0. The lowest BCUT2D eigenvalue weighted by atomic mass is 10.2. The molecule has 0 aliphatic heterocycles. The maximum atomic E-state index is 12.9. The molecule has 0 fully saturated rings. The van der Waals surface area contributed by atoms with Gasteiger partial charge in [0.15, 0.2) is 0 Å². The van der Waals surface area contributed by atoms with Crippen LogP contribution in [0.1, 0.15) is 25.5 Å². The molecule has 1 aromatic carbocycles. The Kier molecular flexibility index (Phi) is 3.57. The molecule has 0 radical (unpaired) electrons. The van der Waals surface area contributed by atoms with Crippen LogP contribution in [0.4, 0.5) is 4.39 Å². The summed E-state index contributed by atoms with van der Waals surface area (Å²) in [6.45, 7) is 4.23. The maximum absolute atomic E-state index is 12.9. The second kappa shape index (κ2) is 4.98. The molecule has 0 aliphatic carbocycles. The molecule has 1 aromatic heterocycles. The number of imidazole rings is 1. The van der Waals surface area contributed by atoms with E-state index in [1.165, 1.54) is 12.1 Å². The van der Waals surface area contributed by atoms with Gasteiger partial charge in [-0.25, -0.2) is 9.18 Å². The van der Waals surface area contributed by atoms with E-state index < -0.39 is 0 Å². The molecule has 3 nitrogen and oxygen atoms in total. The second-order valence-electron chi connectivity index (χ2n) is 4.45. The van der Waals surface area contributed by atoms with E-state index in [4.69, 9.17) is 11.6 Å². The summed E-state index contributed by atoms with van der Waals surface area (Å²) < 4.78 is 16.1. The average molecular weight is 269 g/mol. The van der Waals surface area contributed by atoms with Crippen LogP contribution in [0.3, 0.4) is 0 Å². The van der Waals surface area contributed by atoms with Crippen molar-refractivity contribution in [1.29, 1.82) is 0 Å². The van der Waals surface area contributed by atoms with Crippen molar-refractivity contribution in [3.63, 3.8) is 0 Å². The third kappa shape index (κ3) is 2.48. The van der Waals surface area contributed by atoms with Crippen molar-refractivity contribution in [1.82, 2.24) is 9.13 Å². The summed E-state index contributed by atoms with van der Waals surface area (Å²) in [4.78, 5) is 12.0. The molecule has 96 valence electrons. The molecule has 0 bridgehead atoms. The van der Waals surface area contributed by atoms with Crippen LogP contribution in [0.15, 0.2) is 35.4 Å². The van der Waals surface area contributed by atoms with E-state index in [1.54, 1.807) is 27.6 Å². The number of benzene rings is 1. The molecule has 0 spiro atoms. The van der Waals surface area contributed by atoms with Gasteiger partial charge < -0.3 is 0 Å². The van der Waals surface area contributed by atoms with Crippen molar-refractivity contribution >= 4 is 11.6 Å². The van der Waals surface area contributed by atoms with Gasteiger partial charge in [-0.15, -0.1) is 0 Å². The largest absolute Gasteiger partial charge is 0.328 e. The first-order chi connectivity index (χ1) is 8.49. The fraction of sp³-hybridized carbons (Fsp3) is 0.308. The van der Waals surface area contributed by atoms with E-state index >= 15 is 0 Å². The highest BCUT2D eigenvalue weighted by Gasteiger charge is 2.08. The van der Waals surface area contributed by atoms with Gasteiger partial charge in [0.25, 0.3) is 0 Å². The summed E-state index contributed by atoms with van der Waals surface area (Å²) in [5, 5.41) is 0.333. The van der Waals surface area contributed by atoms with Crippen LogP contribution < -0.4 is 5.69 Å². The Morgan fingerprint density at radius 2 is 2.06 bits per heavy atom. The Bertz CT molecular complexity index is 616. The highest BCUT2D eigenvalue weighted by molar-refractivity contribution is 6.31. The zero-order valence-electron chi connectivity index (χ0n) is 10.2. The van der Waals surface area contributed by atoms with Crippen LogP contribution in [0.25, 0.3) is 0 Å². The predicted molar refractivity (Wildman–Crippen MR) is 69.6 cm³/mol. The summed E-state index contributed by atoms with van der Waals surface area (Å²) in [6.07, 6.45) is 3.45. The lowest BCUT2D eigenvalue weighted by Gasteiger charge is -2.06. The summed E-state index contributed by atoms with van der Waals surface area (Å²) >= 11 is 5.94. The number of rotatable bonds is 3. The van der Waals surface area contributed by atoms with Gasteiger partial charge in [0.1, 0.15) is 5.82 Å². The fourth-order valence-electron chi connectivity index (χ4n) is 1.77. The number of halogens is 2. The van der Waals surface area contributed by atoms with Gasteiger partial charge in [-0.3, -0.25) is 9.13 Å². The highest BCUT2D eigenvalue weighted by Crippen LogP contribution is 2.17. The molecule has 1 heterocycles. The van der Waals surface area contributed by atoms with Crippen LogP contribution in [0.5, 0.6) is 0 Å². The van der Waals surface area contributed by atoms with E-state index in [1.807, 2.05) is 13.8 Å². The Balaban J connectivity index is 2.32. The predicted octanol–water partition coefficient (Wildman–Crippen LogP) is 3.07. The Labute approximate surface area is 109 Å². The van der Waals surface area contributed by atoms with Gasteiger partial charge in [0, 0.05) is 23.5 Å². The van der Waals surface area contributed by atoms with Crippen LogP contribution >= 0.6 is 11.6 Å². The molecule has 2 aromatic rings. The van der Waals surface area contributed by atoms with Crippen molar-refractivity contribution in [3.8, 4) is 0 Å². The molecule has 2 rings (SSSR count). The minimum atomic E-state index is -0.379. The van der Waals surface area contributed by atoms with Gasteiger partial charge in [-0.2, -0.15) is 0 Å². The molecule has 0 aliphatic rings. The first-order valence-electron chi connectivity index (χ1n) is 5.70. The quantitative estimate of drug-likeness (QED) is 0.840. The normalized spacial score (nSPS) is 11.2. The second-order valence-corrected chi connectivity index (χ2v) is 4.85. The summed E-state index contributed by atoms with van der Waals surface area (Å²) in [7, 11) is 0. The molecule has 0 amide bonds. The molecular formula is C13H14ClFN2O. The number of nitrogens with zero attached hydrogens (tertiary/aromatic N) is 2. The Morgan fingerprint density at radius 1 is 1.33 bits per heavy atom. The van der Waals surface area contributed by atoms with E-state index in [-0.39, 0.29) is 17.5 Å². The molecular weight excluding hydrogens is 255 g/mol. The van der Waals surface area contributed by atoms with E-state index in [0.717, 1.165) is 5.56 Å². The highest BCUT2D eigenvalue weighted by atomic mass is 35.5. The molecule has 5 heteroatoms. The molecule has 18 heavy (non-hydrogen) atoms. The van der Waals surface area contributed by atoms with Crippen molar-refractivity contribution in [2.45, 2.75) is 26.4 Å². The topological polar surface area (TPSA) is 26.9 Å². The van der Waals surface area contributed by atoms with Crippen LogP contribution in [0.2, 0.25) is 5.02 Å². The number of hydrogen-bond donors (Lipinski definition) is 0. The first-order valence-corrected chi connectivity index (χ1v) is 6.08. The monoisotopic (exact) mass is 268 g/mol. The minimum absolute atomic E-state index is 0.0922. The van der Waals surface area contributed by atoms with Crippen molar-refractivity contribution in [2.75, 3.05) is 0 Å². The molecule has 0 atom stereocenters. The van der Waals surface area contributed by atoms with Gasteiger partial charge in [0.05, 0.1) is 6.54 Å². The zero-order chi connectivity index (χ0) is 13.3. The Morgan fingerprint density at radius 3 is 2.61 bits per heavy atom. The summed E-state index contributed by atoms with van der Waals surface area (Å²) in [5.41, 5.74) is 0.632. The first kappa shape index (κ1) is 12.9. The van der Waals surface area contributed by atoms with Crippen molar-refractivity contribution < 1.29 is 4.39 Å². The third-order valence-corrected chi connectivity index (χ3v) is 3.14. The SMILES string of the molecule is CC(C)n1ccn(Cc2ccc(F)cc2Cl)c1=O. The molecule has 0 saturated carbocycles. The average Bonchev–Trinajstić information content (AvgIpc) is 2.64. The van der Waals surface area contributed by atoms with Crippen LogP contribution in [-0.2, 0) is 6.54 Å². The van der Waals surface area contributed by atoms with Gasteiger partial charge in [-0.1, -0.05) is 17.7 Å². The van der Waals surface area contributed by atoms with Gasteiger partial charge in [0.2, 0.25) is 0 Å². The third-order valence-electron chi connectivity index (χ3n) is 2.79. The minimum Gasteiger partial charge on any atom is -0.297 e.